The Labute approximate surface area is 116 Å². The highest BCUT2D eigenvalue weighted by atomic mass is 16.7. The quantitative estimate of drug-likeness (QED) is 0.678. The molecule has 0 unspecified atom stereocenters. The van der Waals surface area contributed by atoms with Crippen molar-refractivity contribution >= 4 is 5.91 Å². The Balaban J connectivity index is 2.41. The number of amides is 1. The summed E-state index contributed by atoms with van der Waals surface area (Å²) in [4.78, 5) is 13.6. The largest absolute Gasteiger partial charge is 0.354 e. The average Bonchev–Trinajstić information content (AvgIpc) is 2.48. The first-order chi connectivity index (χ1) is 9.21. The summed E-state index contributed by atoms with van der Waals surface area (Å²) in [7, 11) is 3.17. The lowest BCUT2D eigenvalue weighted by atomic mass is 9.87. The Kier molecular flexibility index (Phi) is 8.02. The number of hydrogen-bond donors (Lipinski definition) is 1. The monoisotopic (exact) mass is 272 g/mol. The van der Waals surface area contributed by atoms with E-state index in [-0.39, 0.29) is 18.7 Å². The van der Waals surface area contributed by atoms with Crippen molar-refractivity contribution in [2.24, 2.45) is 11.7 Å². The van der Waals surface area contributed by atoms with Crippen LogP contribution in [0.25, 0.3) is 0 Å². The molecule has 5 nitrogen and oxygen atoms in total. The van der Waals surface area contributed by atoms with Gasteiger partial charge in [-0.25, -0.2) is 0 Å². The van der Waals surface area contributed by atoms with Crippen LogP contribution in [0, 0.1) is 5.92 Å². The van der Waals surface area contributed by atoms with Crippen LogP contribution in [0.4, 0.5) is 0 Å². The molecule has 0 aromatic heterocycles. The number of ether oxygens (including phenoxy) is 2. The van der Waals surface area contributed by atoms with Crippen molar-refractivity contribution in [1.29, 1.82) is 0 Å². The van der Waals surface area contributed by atoms with Gasteiger partial charge in [0, 0.05) is 20.8 Å². The molecule has 0 saturated heterocycles. The fraction of sp³-hybridized carbons (Fsp3) is 0.929. The summed E-state index contributed by atoms with van der Waals surface area (Å²) in [5, 5.41) is 0. The SMILES string of the molecule is COC(CN(CCC1CCCCC1)C(=O)CN)OC. The van der Waals surface area contributed by atoms with E-state index < -0.39 is 0 Å². The second kappa shape index (κ2) is 9.28. The predicted molar refractivity (Wildman–Crippen MR) is 74.6 cm³/mol. The lowest BCUT2D eigenvalue weighted by molar-refractivity contribution is -0.144. The zero-order valence-electron chi connectivity index (χ0n) is 12.3. The third-order valence-corrected chi connectivity index (χ3v) is 3.95. The smallest absolute Gasteiger partial charge is 0.236 e. The maximum Gasteiger partial charge on any atom is 0.236 e. The van der Waals surface area contributed by atoms with Gasteiger partial charge in [-0.2, -0.15) is 0 Å². The number of nitrogens with zero attached hydrogens (tertiary/aromatic N) is 1. The maximum absolute atomic E-state index is 11.8. The van der Waals surface area contributed by atoms with Gasteiger partial charge in [-0.3, -0.25) is 4.79 Å². The van der Waals surface area contributed by atoms with Gasteiger partial charge < -0.3 is 20.1 Å². The topological polar surface area (TPSA) is 64.8 Å². The van der Waals surface area contributed by atoms with E-state index in [0.717, 1.165) is 18.9 Å². The second-order valence-electron chi connectivity index (χ2n) is 5.24. The van der Waals surface area contributed by atoms with Gasteiger partial charge in [0.1, 0.15) is 0 Å². The minimum atomic E-state index is -0.373. The number of hydrogen-bond acceptors (Lipinski definition) is 4. The number of methoxy groups -OCH3 is 2. The summed E-state index contributed by atoms with van der Waals surface area (Å²) < 4.78 is 10.3. The number of rotatable bonds is 8. The Morgan fingerprint density at radius 1 is 1.26 bits per heavy atom. The third kappa shape index (κ3) is 5.89. The summed E-state index contributed by atoms with van der Waals surface area (Å²) in [5.74, 6) is 0.722. The summed E-state index contributed by atoms with van der Waals surface area (Å²) in [5.41, 5.74) is 5.47. The molecular weight excluding hydrogens is 244 g/mol. The molecule has 112 valence electrons. The Hall–Kier alpha value is -0.650. The van der Waals surface area contributed by atoms with Crippen LogP contribution in [0.1, 0.15) is 38.5 Å². The first kappa shape index (κ1) is 16.4. The van der Waals surface area contributed by atoms with Crippen LogP contribution in [-0.2, 0) is 14.3 Å². The van der Waals surface area contributed by atoms with Crippen LogP contribution in [0.15, 0.2) is 0 Å². The normalized spacial score (nSPS) is 16.8. The summed E-state index contributed by atoms with van der Waals surface area (Å²) in [6.45, 7) is 1.25. The lowest BCUT2D eigenvalue weighted by Crippen LogP contribution is -2.43. The van der Waals surface area contributed by atoms with Crippen LogP contribution in [0.2, 0.25) is 0 Å². The highest BCUT2D eigenvalue weighted by molar-refractivity contribution is 5.78. The molecule has 0 radical (unpaired) electrons. The molecule has 0 bridgehead atoms. The molecular formula is C14H28N2O3. The standard InChI is InChI=1S/C14H28N2O3/c1-18-14(19-2)11-16(13(17)10-15)9-8-12-6-4-3-5-7-12/h12,14H,3-11,15H2,1-2H3. The van der Waals surface area contributed by atoms with Gasteiger partial charge in [0.05, 0.1) is 13.1 Å². The van der Waals surface area contributed by atoms with Gasteiger partial charge in [-0.05, 0) is 12.3 Å². The predicted octanol–water partition coefficient (Wildman–Crippen LogP) is 1.36. The summed E-state index contributed by atoms with van der Waals surface area (Å²) in [6, 6.07) is 0. The molecule has 0 aliphatic heterocycles. The fourth-order valence-corrected chi connectivity index (χ4v) is 2.69. The lowest BCUT2D eigenvalue weighted by Gasteiger charge is -2.29. The van der Waals surface area contributed by atoms with Gasteiger partial charge in [0.2, 0.25) is 5.91 Å². The summed E-state index contributed by atoms with van der Waals surface area (Å²) >= 11 is 0. The van der Waals surface area contributed by atoms with Gasteiger partial charge in [-0.15, -0.1) is 0 Å². The van der Waals surface area contributed by atoms with E-state index in [4.69, 9.17) is 15.2 Å². The number of carbonyl (C=O) groups is 1. The Morgan fingerprint density at radius 3 is 2.42 bits per heavy atom. The third-order valence-electron chi connectivity index (χ3n) is 3.95. The van der Waals surface area contributed by atoms with Crippen molar-refractivity contribution in [3.05, 3.63) is 0 Å². The van der Waals surface area contributed by atoms with Crippen LogP contribution < -0.4 is 5.73 Å². The van der Waals surface area contributed by atoms with Crippen LogP contribution in [-0.4, -0.2) is 51.0 Å². The summed E-state index contributed by atoms with van der Waals surface area (Å²) in [6.07, 6.45) is 7.29. The zero-order chi connectivity index (χ0) is 14.1. The molecule has 0 heterocycles. The molecule has 0 spiro atoms. The van der Waals surface area contributed by atoms with Crippen LogP contribution in [0.5, 0.6) is 0 Å². The van der Waals surface area contributed by atoms with Crippen molar-refractivity contribution in [3.63, 3.8) is 0 Å². The molecule has 1 saturated carbocycles. The van der Waals surface area contributed by atoms with E-state index in [9.17, 15) is 4.79 Å². The zero-order valence-corrected chi connectivity index (χ0v) is 12.3. The van der Waals surface area contributed by atoms with Crippen LogP contribution in [0.3, 0.4) is 0 Å². The molecule has 1 rings (SSSR count). The number of nitrogens with two attached hydrogens (primary N) is 1. The van der Waals surface area contributed by atoms with Gasteiger partial charge in [-0.1, -0.05) is 32.1 Å². The number of carbonyl (C=O) groups excluding carboxylic acids is 1. The highest BCUT2D eigenvalue weighted by Gasteiger charge is 2.20. The van der Waals surface area contributed by atoms with Gasteiger partial charge in [0.25, 0.3) is 0 Å². The maximum atomic E-state index is 11.8. The molecule has 19 heavy (non-hydrogen) atoms. The first-order valence-electron chi connectivity index (χ1n) is 7.24. The highest BCUT2D eigenvalue weighted by Crippen LogP contribution is 2.26. The van der Waals surface area contributed by atoms with Gasteiger partial charge in [0.15, 0.2) is 6.29 Å². The molecule has 1 aliphatic rings. The Morgan fingerprint density at radius 2 is 1.89 bits per heavy atom. The molecule has 2 N–H and O–H groups in total. The van der Waals surface area contributed by atoms with Crippen molar-refractivity contribution in [2.75, 3.05) is 33.9 Å². The molecule has 5 heteroatoms. The van der Waals surface area contributed by atoms with E-state index in [2.05, 4.69) is 0 Å². The molecule has 1 fully saturated rings. The molecule has 0 atom stereocenters. The van der Waals surface area contributed by atoms with Crippen molar-refractivity contribution in [2.45, 2.75) is 44.8 Å². The van der Waals surface area contributed by atoms with Crippen molar-refractivity contribution in [1.82, 2.24) is 4.90 Å². The van der Waals surface area contributed by atoms with E-state index in [1.165, 1.54) is 32.1 Å². The molecule has 1 aliphatic carbocycles. The minimum Gasteiger partial charge on any atom is -0.354 e. The molecule has 1 amide bonds. The fourth-order valence-electron chi connectivity index (χ4n) is 2.69. The van der Waals surface area contributed by atoms with E-state index in [0.29, 0.717) is 6.54 Å². The first-order valence-corrected chi connectivity index (χ1v) is 7.24. The van der Waals surface area contributed by atoms with Gasteiger partial charge >= 0.3 is 0 Å². The molecule has 0 aromatic carbocycles. The second-order valence-corrected chi connectivity index (χ2v) is 5.24. The minimum absolute atomic E-state index is 0.0325. The molecule has 0 aromatic rings. The van der Waals surface area contributed by atoms with E-state index in [1.54, 1.807) is 19.1 Å². The van der Waals surface area contributed by atoms with Crippen LogP contribution >= 0.6 is 0 Å². The van der Waals surface area contributed by atoms with E-state index >= 15 is 0 Å². The van der Waals surface area contributed by atoms with Crippen molar-refractivity contribution in [3.8, 4) is 0 Å². The average molecular weight is 272 g/mol. The Bertz CT molecular complexity index is 251. The van der Waals surface area contributed by atoms with Crippen molar-refractivity contribution < 1.29 is 14.3 Å². The van der Waals surface area contributed by atoms with E-state index in [1.807, 2.05) is 0 Å².